The van der Waals surface area contributed by atoms with Crippen LogP contribution in [0.25, 0.3) is 0 Å². The predicted molar refractivity (Wildman–Crippen MR) is 90.1 cm³/mol. The lowest BCUT2D eigenvalue weighted by Gasteiger charge is -2.43. The summed E-state index contributed by atoms with van der Waals surface area (Å²) in [6.45, 7) is 6.04. The van der Waals surface area contributed by atoms with Crippen molar-refractivity contribution in [1.82, 2.24) is 9.80 Å². The fourth-order valence-corrected chi connectivity index (χ4v) is 6.54. The summed E-state index contributed by atoms with van der Waals surface area (Å²) in [6.07, 6.45) is 0. The van der Waals surface area contributed by atoms with Gasteiger partial charge in [0.1, 0.15) is 10.6 Å². The third-order valence-electron chi connectivity index (χ3n) is 4.69. The van der Waals surface area contributed by atoms with Gasteiger partial charge in [0, 0.05) is 24.0 Å². The first-order valence-corrected chi connectivity index (χ1v) is 10.4. The lowest BCUT2D eigenvalue weighted by molar-refractivity contribution is 0.0351. The monoisotopic (exact) mass is 358 g/mol. The zero-order valence-electron chi connectivity index (χ0n) is 13.6. The Labute approximate surface area is 140 Å². The summed E-state index contributed by atoms with van der Waals surface area (Å²) in [4.78, 5) is 18.5. The van der Waals surface area contributed by atoms with Crippen molar-refractivity contribution in [3.05, 3.63) is 15.8 Å². The third-order valence-corrected chi connectivity index (χ3v) is 7.41. The van der Waals surface area contributed by atoms with Gasteiger partial charge in [-0.25, -0.2) is 8.42 Å². The predicted octanol–water partition coefficient (Wildman–Crippen LogP) is 1.01. The molecule has 0 aromatic carbocycles. The number of sulfone groups is 1. The Bertz CT molecular complexity index is 713. The summed E-state index contributed by atoms with van der Waals surface area (Å²) in [5.41, 5.74) is 0. The molecular weight excluding hydrogens is 336 g/mol. The molecule has 0 aliphatic carbocycles. The molecule has 2 aliphatic rings. The smallest absolute Gasteiger partial charge is 0.268 e. The van der Waals surface area contributed by atoms with E-state index in [0.717, 1.165) is 11.4 Å². The summed E-state index contributed by atoms with van der Waals surface area (Å²) in [6, 6.07) is 1.51. The summed E-state index contributed by atoms with van der Waals surface area (Å²) >= 11 is 1.40. The van der Waals surface area contributed by atoms with Crippen molar-refractivity contribution >= 4 is 27.1 Å². The molecule has 1 aromatic heterocycles. The second-order valence-corrected chi connectivity index (χ2v) is 9.50. The van der Waals surface area contributed by atoms with Crippen molar-refractivity contribution in [2.24, 2.45) is 0 Å². The van der Waals surface area contributed by atoms with Crippen LogP contribution in [-0.4, -0.2) is 74.5 Å². The molecule has 2 unspecified atom stereocenters. The minimum absolute atomic E-state index is 0.0621. The molecule has 2 atom stereocenters. The van der Waals surface area contributed by atoms with Crippen LogP contribution in [0.3, 0.4) is 0 Å². The molecule has 3 rings (SSSR count). The lowest BCUT2D eigenvalue weighted by Crippen LogP contribution is -2.60. The number of hydrogen-bond donors (Lipinski definition) is 0. The molecule has 6 nitrogen and oxygen atoms in total. The van der Waals surface area contributed by atoms with Crippen LogP contribution in [0.15, 0.2) is 6.07 Å². The largest absolute Gasteiger partial charge is 0.495 e. The summed E-state index contributed by atoms with van der Waals surface area (Å²) in [5, 5.41) is 0. The van der Waals surface area contributed by atoms with Gasteiger partial charge in [-0.3, -0.25) is 9.69 Å². The van der Waals surface area contributed by atoms with Crippen LogP contribution in [0.4, 0.5) is 0 Å². The quantitative estimate of drug-likeness (QED) is 0.807. The molecule has 0 N–H and O–H groups in total. The second kappa shape index (κ2) is 6.07. The molecule has 0 saturated carbocycles. The van der Waals surface area contributed by atoms with Gasteiger partial charge in [-0.2, -0.15) is 0 Å². The highest BCUT2D eigenvalue weighted by molar-refractivity contribution is 7.91. The highest BCUT2D eigenvalue weighted by Gasteiger charge is 2.48. The van der Waals surface area contributed by atoms with Gasteiger partial charge < -0.3 is 9.64 Å². The Balaban J connectivity index is 1.92. The Morgan fingerprint density at radius 2 is 2.04 bits per heavy atom. The second-order valence-electron chi connectivity index (χ2n) is 6.09. The van der Waals surface area contributed by atoms with Crippen molar-refractivity contribution in [1.29, 1.82) is 0 Å². The molecule has 1 amide bonds. The number of aryl methyl sites for hydroxylation is 1. The number of piperazine rings is 1. The van der Waals surface area contributed by atoms with Crippen LogP contribution >= 0.6 is 11.3 Å². The van der Waals surface area contributed by atoms with Gasteiger partial charge in [-0.1, -0.05) is 6.92 Å². The molecule has 0 radical (unpaired) electrons. The van der Waals surface area contributed by atoms with Crippen molar-refractivity contribution < 1.29 is 17.9 Å². The normalized spacial score (nSPS) is 27.0. The van der Waals surface area contributed by atoms with E-state index in [-0.39, 0.29) is 29.5 Å². The maximum Gasteiger partial charge on any atom is 0.268 e. The zero-order valence-corrected chi connectivity index (χ0v) is 15.2. The molecule has 2 saturated heterocycles. The number of carbonyl (C=O) groups is 1. The van der Waals surface area contributed by atoms with Crippen LogP contribution in [0.1, 0.15) is 21.5 Å². The number of methoxy groups -OCH3 is 1. The van der Waals surface area contributed by atoms with Gasteiger partial charge in [0.2, 0.25) is 0 Å². The Morgan fingerprint density at radius 3 is 2.70 bits per heavy atom. The number of rotatable bonds is 3. The summed E-state index contributed by atoms with van der Waals surface area (Å²) < 4.78 is 29.5. The molecule has 128 valence electrons. The van der Waals surface area contributed by atoms with Gasteiger partial charge in [0.15, 0.2) is 9.84 Å². The van der Waals surface area contributed by atoms with Gasteiger partial charge in [-0.05, 0) is 19.5 Å². The fraction of sp³-hybridized carbons (Fsp3) is 0.667. The van der Waals surface area contributed by atoms with Crippen LogP contribution in [0.5, 0.6) is 5.75 Å². The van der Waals surface area contributed by atoms with E-state index in [0.29, 0.717) is 23.7 Å². The number of fused-ring (bicyclic) bond motifs is 1. The van der Waals surface area contributed by atoms with E-state index in [1.54, 1.807) is 12.0 Å². The Morgan fingerprint density at radius 1 is 1.35 bits per heavy atom. The van der Waals surface area contributed by atoms with Crippen LogP contribution in [0.2, 0.25) is 0 Å². The first kappa shape index (κ1) is 16.7. The number of amides is 1. The highest BCUT2D eigenvalue weighted by atomic mass is 32.2. The number of hydrogen-bond acceptors (Lipinski definition) is 6. The first-order valence-electron chi connectivity index (χ1n) is 7.76. The summed E-state index contributed by atoms with van der Waals surface area (Å²) in [5.74, 6) is 0.679. The molecule has 0 spiro atoms. The average Bonchev–Trinajstić information content (AvgIpc) is 3.03. The molecule has 0 bridgehead atoms. The van der Waals surface area contributed by atoms with Crippen LogP contribution in [0, 0.1) is 6.92 Å². The van der Waals surface area contributed by atoms with E-state index >= 15 is 0 Å². The fourth-order valence-electron chi connectivity index (χ4n) is 3.59. The molecule has 1 aromatic rings. The van der Waals surface area contributed by atoms with Gasteiger partial charge in [0.25, 0.3) is 5.91 Å². The lowest BCUT2D eigenvalue weighted by atomic mass is 10.0. The number of carbonyl (C=O) groups excluding carboxylic acids is 1. The number of thiophene rings is 1. The minimum atomic E-state index is -3.09. The van der Waals surface area contributed by atoms with Crippen molar-refractivity contribution in [2.75, 3.05) is 38.2 Å². The standard InChI is InChI=1S/C15H22N2O4S2/c1-4-16-5-6-17(12-9-23(19,20)8-11(12)16)15(18)14-13(21-3)7-10(2)22-14/h7,11-12H,4-6,8-9H2,1-3H3. The zero-order chi connectivity index (χ0) is 16.8. The van der Waals surface area contributed by atoms with E-state index in [1.807, 2.05) is 19.9 Å². The van der Waals surface area contributed by atoms with E-state index in [2.05, 4.69) is 4.90 Å². The Kier molecular flexibility index (Phi) is 4.41. The topological polar surface area (TPSA) is 66.9 Å². The van der Waals surface area contributed by atoms with E-state index in [9.17, 15) is 13.2 Å². The minimum Gasteiger partial charge on any atom is -0.495 e. The molecule has 23 heavy (non-hydrogen) atoms. The van der Waals surface area contributed by atoms with Crippen molar-refractivity contribution in [2.45, 2.75) is 25.9 Å². The maximum absolute atomic E-state index is 13.0. The third kappa shape index (κ3) is 2.99. The van der Waals surface area contributed by atoms with Gasteiger partial charge in [-0.15, -0.1) is 11.3 Å². The molecule has 3 heterocycles. The SMILES string of the molecule is CCN1CCN(C(=O)c2sc(C)cc2OC)C2CS(=O)(=O)CC21. The maximum atomic E-state index is 13.0. The van der Waals surface area contributed by atoms with Crippen molar-refractivity contribution in [3.8, 4) is 5.75 Å². The number of ether oxygens (including phenoxy) is 1. The van der Waals surface area contributed by atoms with Gasteiger partial charge >= 0.3 is 0 Å². The summed E-state index contributed by atoms with van der Waals surface area (Å²) in [7, 11) is -1.54. The highest BCUT2D eigenvalue weighted by Crippen LogP contribution is 2.33. The molecular formula is C15H22N2O4S2. The first-order chi connectivity index (χ1) is 10.9. The van der Waals surface area contributed by atoms with Crippen molar-refractivity contribution in [3.63, 3.8) is 0 Å². The molecule has 2 fully saturated rings. The number of nitrogens with zero attached hydrogens (tertiary/aromatic N) is 2. The van der Waals surface area contributed by atoms with E-state index in [4.69, 9.17) is 4.74 Å². The van der Waals surface area contributed by atoms with Crippen LogP contribution < -0.4 is 4.74 Å². The average molecular weight is 358 g/mol. The molecule has 8 heteroatoms. The van der Waals surface area contributed by atoms with E-state index in [1.165, 1.54) is 11.3 Å². The van der Waals surface area contributed by atoms with Gasteiger partial charge in [0.05, 0.1) is 24.7 Å². The Hall–Kier alpha value is -1.12. The van der Waals surface area contributed by atoms with Crippen LogP contribution in [-0.2, 0) is 9.84 Å². The van der Waals surface area contributed by atoms with E-state index < -0.39 is 9.84 Å². The molecule has 2 aliphatic heterocycles. The number of likely N-dealkylation sites (N-methyl/N-ethyl adjacent to an activating group) is 1.